The van der Waals surface area contributed by atoms with E-state index in [1.54, 1.807) is 4.90 Å². The van der Waals surface area contributed by atoms with E-state index in [0.29, 0.717) is 31.7 Å². The van der Waals surface area contributed by atoms with Crippen LogP contribution < -0.4 is 9.46 Å². The largest absolute Gasteiger partial charge is 0.484 e. The highest BCUT2D eigenvalue weighted by atomic mass is 32.2. The van der Waals surface area contributed by atoms with Gasteiger partial charge >= 0.3 is 0 Å². The third-order valence-electron chi connectivity index (χ3n) is 4.08. The first-order valence-electron chi connectivity index (χ1n) is 7.93. The fourth-order valence-corrected chi connectivity index (χ4v) is 3.52. The molecule has 0 unspecified atom stereocenters. The molecule has 1 fully saturated rings. The SMILES string of the molecule is C=CS(=O)(=O)NC1CCN(C(=O)COc2ccc(C)cc2C)CC1. The minimum atomic E-state index is -3.43. The lowest BCUT2D eigenvalue weighted by atomic mass is 10.1. The molecule has 132 valence electrons. The van der Waals surface area contributed by atoms with Gasteiger partial charge in [0.2, 0.25) is 10.0 Å². The van der Waals surface area contributed by atoms with E-state index in [4.69, 9.17) is 4.74 Å². The van der Waals surface area contributed by atoms with Crippen molar-refractivity contribution < 1.29 is 17.9 Å². The normalized spacial score (nSPS) is 16.0. The average molecular weight is 352 g/mol. The second kappa shape index (κ2) is 7.81. The average Bonchev–Trinajstić information content (AvgIpc) is 2.54. The van der Waals surface area contributed by atoms with Gasteiger partial charge in [0.05, 0.1) is 0 Å². The number of ether oxygens (including phenoxy) is 1. The van der Waals surface area contributed by atoms with Crippen molar-refractivity contribution in [3.05, 3.63) is 41.3 Å². The third kappa shape index (κ3) is 5.07. The van der Waals surface area contributed by atoms with Gasteiger partial charge in [-0.25, -0.2) is 13.1 Å². The van der Waals surface area contributed by atoms with Gasteiger partial charge in [-0.1, -0.05) is 24.3 Å². The van der Waals surface area contributed by atoms with Gasteiger partial charge in [0.1, 0.15) is 5.75 Å². The van der Waals surface area contributed by atoms with Crippen LogP contribution in [0, 0.1) is 13.8 Å². The lowest BCUT2D eigenvalue weighted by Crippen LogP contribution is -2.47. The van der Waals surface area contributed by atoms with Crippen LogP contribution in [0.3, 0.4) is 0 Å². The van der Waals surface area contributed by atoms with Crippen LogP contribution in [0.4, 0.5) is 0 Å². The maximum Gasteiger partial charge on any atom is 0.260 e. The minimum Gasteiger partial charge on any atom is -0.484 e. The second-order valence-corrected chi connectivity index (χ2v) is 7.70. The Hall–Kier alpha value is -1.86. The van der Waals surface area contributed by atoms with Gasteiger partial charge in [-0.2, -0.15) is 0 Å². The Bertz CT molecular complexity index is 707. The Labute approximate surface area is 143 Å². The zero-order valence-electron chi connectivity index (χ0n) is 14.1. The summed E-state index contributed by atoms with van der Waals surface area (Å²) in [6.07, 6.45) is 1.17. The summed E-state index contributed by atoms with van der Waals surface area (Å²) in [5.41, 5.74) is 2.15. The Balaban J connectivity index is 1.81. The molecule has 0 atom stereocenters. The van der Waals surface area contributed by atoms with Crippen molar-refractivity contribution in [3.8, 4) is 5.75 Å². The zero-order valence-corrected chi connectivity index (χ0v) is 14.9. The van der Waals surface area contributed by atoms with Crippen LogP contribution >= 0.6 is 0 Å². The number of hydrogen-bond donors (Lipinski definition) is 1. The Kier molecular flexibility index (Phi) is 6.01. The zero-order chi connectivity index (χ0) is 17.7. The van der Waals surface area contributed by atoms with E-state index >= 15 is 0 Å². The number of benzene rings is 1. The summed E-state index contributed by atoms with van der Waals surface area (Å²) in [4.78, 5) is 14.0. The molecule has 24 heavy (non-hydrogen) atoms. The van der Waals surface area contributed by atoms with Gasteiger partial charge in [-0.05, 0) is 38.3 Å². The molecule has 0 aliphatic carbocycles. The monoisotopic (exact) mass is 352 g/mol. The van der Waals surface area contributed by atoms with E-state index in [0.717, 1.165) is 16.5 Å². The van der Waals surface area contributed by atoms with Crippen LogP contribution in [0.15, 0.2) is 30.2 Å². The molecular formula is C17H24N2O4S. The smallest absolute Gasteiger partial charge is 0.260 e. The highest BCUT2D eigenvalue weighted by molar-refractivity contribution is 7.92. The number of nitrogens with zero attached hydrogens (tertiary/aromatic N) is 1. The fourth-order valence-electron chi connectivity index (χ4n) is 2.72. The van der Waals surface area contributed by atoms with Crippen LogP contribution in [0.2, 0.25) is 0 Å². The number of rotatable bonds is 6. The van der Waals surface area contributed by atoms with E-state index in [9.17, 15) is 13.2 Å². The van der Waals surface area contributed by atoms with Crippen LogP contribution in [0.1, 0.15) is 24.0 Å². The predicted molar refractivity (Wildman–Crippen MR) is 93.3 cm³/mol. The molecule has 0 bridgehead atoms. The molecule has 0 aromatic heterocycles. The lowest BCUT2D eigenvalue weighted by molar-refractivity contribution is -0.134. The van der Waals surface area contributed by atoms with Crippen molar-refractivity contribution in [2.75, 3.05) is 19.7 Å². The summed E-state index contributed by atoms with van der Waals surface area (Å²) in [7, 11) is -3.43. The Morgan fingerprint density at radius 1 is 1.38 bits per heavy atom. The summed E-state index contributed by atoms with van der Waals surface area (Å²) in [5.74, 6) is 0.627. The molecule has 1 aliphatic heterocycles. The van der Waals surface area contributed by atoms with Gasteiger partial charge in [0.15, 0.2) is 6.61 Å². The number of likely N-dealkylation sites (tertiary alicyclic amines) is 1. The highest BCUT2D eigenvalue weighted by Gasteiger charge is 2.25. The van der Waals surface area contributed by atoms with Crippen LogP contribution in [-0.2, 0) is 14.8 Å². The number of piperidine rings is 1. The number of aryl methyl sites for hydroxylation is 2. The molecule has 0 spiro atoms. The van der Waals surface area contributed by atoms with Gasteiger partial charge in [-0.3, -0.25) is 4.79 Å². The molecule has 1 amide bonds. The van der Waals surface area contributed by atoms with E-state index in [1.807, 2.05) is 32.0 Å². The number of carbonyl (C=O) groups is 1. The van der Waals surface area contributed by atoms with Crippen LogP contribution in [0.5, 0.6) is 5.75 Å². The highest BCUT2D eigenvalue weighted by Crippen LogP contribution is 2.19. The summed E-state index contributed by atoms with van der Waals surface area (Å²) >= 11 is 0. The van der Waals surface area contributed by atoms with Crippen LogP contribution in [-0.4, -0.2) is 45.0 Å². The van der Waals surface area contributed by atoms with Gasteiger partial charge in [-0.15, -0.1) is 0 Å². The van der Waals surface area contributed by atoms with Gasteiger partial charge in [0, 0.05) is 24.5 Å². The molecule has 1 aliphatic rings. The summed E-state index contributed by atoms with van der Waals surface area (Å²) in [6.45, 7) is 8.25. The molecule has 1 heterocycles. The topological polar surface area (TPSA) is 75.7 Å². The lowest BCUT2D eigenvalue weighted by Gasteiger charge is -2.32. The molecule has 1 aromatic carbocycles. The molecule has 2 rings (SSSR count). The molecule has 1 aromatic rings. The minimum absolute atomic E-state index is 0.00699. The van der Waals surface area contributed by atoms with E-state index in [1.165, 1.54) is 0 Å². The van der Waals surface area contributed by atoms with Crippen molar-refractivity contribution in [1.29, 1.82) is 0 Å². The first-order chi connectivity index (χ1) is 11.3. The van der Waals surface area contributed by atoms with Gasteiger partial charge in [0.25, 0.3) is 5.91 Å². The van der Waals surface area contributed by atoms with Crippen molar-refractivity contribution in [2.45, 2.75) is 32.7 Å². The number of carbonyl (C=O) groups excluding carboxylic acids is 1. The van der Waals surface area contributed by atoms with Gasteiger partial charge < -0.3 is 9.64 Å². The molecule has 7 heteroatoms. The van der Waals surface area contributed by atoms with Crippen molar-refractivity contribution in [3.63, 3.8) is 0 Å². The summed E-state index contributed by atoms with van der Waals surface area (Å²) in [5, 5.41) is 0.905. The van der Waals surface area contributed by atoms with E-state index in [-0.39, 0.29) is 18.6 Å². The summed E-state index contributed by atoms with van der Waals surface area (Å²) < 4.78 is 31.1. The number of hydrogen-bond acceptors (Lipinski definition) is 4. The molecule has 0 saturated carbocycles. The maximum absolute atomic E-state index is 12.2. The third-order valence-corrected chi connectivity index (χ3v) is 5.18. The number of sulfonamides is 1. The number of nitrogens with one attached hydrogen (secondary N) is 1. The number of amides is 1. The molecule has 1 saturated heterocycles. The quantitative estimate of drug-likeness (QED) is 0.846. The second-order valence-electron chi connectivity index (χ2n) is 6.04. The Morgan fingerprint density at radius 3 is 2.62 bits per heavy atom. The Morgan fingerprint density at radius 2 is 2.04 bits per heavy atom. The van der Waals surface area contributed by atoms with E-state index < -0.39 is 10.0 Å². The molecule has 6 nitrogen and oxygen atoms in total. The van der Waals surface area contributed by atoms with Crippen molar-refractivity contribution in [2.24, 2.45) is 0 Å². The predicted octanol–water partition coefficient (Wildman–Crippen LogP) is 1.74. The van der Waals surface area contributed by atoms with Crippen LogP contribution in [0.25, 0.3) is 0 Å². The van der Waals surface area contributed by atoms with E-state index in [2.05, 4.69) is 11.3 Å². The van der Waals surface area contributed by atoms with Crippen molar-refractivity contribution in [1.82, 2.24) is 9.62 Å². The maximum atomic E-state index is 12.2. The standard InChI is InChI=1S/C17H24N2O4S/c1-4-24(21,22)18-15-7-9-19(10-8-15)17(20)12-23-16-6-5-13(2)11-14(16)3/h4-6,11,15,18H,1,7-10,12H2,2-3H3. The molecular weight excluding hydrogens is 328 g/mol. The summed E-state index contributed by atoms with van der Waals surface area (Å²) in [6, 6.07) is 5.67. The first-order valence-corrected chi connectivity index (χ1v) is 9.48. The first kappa shape index (κ1) is 18.5. The molecule has 0 radical (unpaired) electrons. The van der Waals surface area contributed by atoms with Crippen molar-refractivity contribution >= 4 is 15.9 Å². The molecule has 1 N–H and O–H groups in total. The fraction of sp³-hybridized carbons (Fsp3) is 0.471.